The van der Waals surface area contributed by atoms with Crippen molar-refractivity contribution in [1.29, 1.82) is 0 Å². The number of carbonyl (C=O) groups excluding carboxylic acids is 1. The number of hydrogen-bond acceptors (Lipinski definition) is 2. The molecule has 0 unspecified atom stereocenters. The number of carbonyl (C=O) groups is 1. The molecule has 0 aromatic heterocycles. The van der Waals surface area contributed by atoms with Crippen molar-refractivity contribution in [3.8, 4) is 0 Å². The molecule has 0 bridgehead atoms. The molecule has 3 nitrogen and oxygen atoms in total. The van der Waals surface area contributed by atoms with E-state index in [0.29, 0.717) is 5.69 Å². The Kier molecular flexibility index (Phi) is 4.23. The lowest BCUT2D eigenvalue weighted by Gasteiger charge is -2.23. The first-order valence-electron chi connectivity index (χ1n) is 5.57. The van der Waals surface area contributed by atoms with Crippen molar-refractivity contribution in [2.24, 2.45) is 0 Å². The second-order valence-electron chi connectivity index (χ2n) is 5.04. The van der Waals surface area contributed by atoms with E-state index in [1.54, 1.807) is 19.2 Å². The minimum Gasteiger partial charge on any atom is -0.314 e. The Morgan fingerprint density at radius 1 is 1.41 bits per heavy atom. The molecule has 0 aliphatic carbocycles. The molecule has 1 amide bonds. The summed E-state index contributed by atoms with van der Waals surface area (Å²) in [5, 5.41) is 3.10. The van der Waals surface area contributed by atoms with E-state index in [2.05, 4.69) is 5.32 Å². The predicted molar refractivity (Wildman–Crippen MR) is 67.6 cm³/mol. The third-order valence-corrected chi connectivity index (χ3v) is 2.34. The number of benzene rings is 1. The number of anilines is 1. The first-order chi connectivity index (χ1) is 7.79. The fraction of sp³-hybridized carbons (Fsp3) is 0.462. The van der Waals surface area contributed by atoms with Crippen LogP contribution in [0.1, 0.15) is 20.8 Å². The van der Waals surface area contributed by atoms with Crippen LogP contribution in [0, 0.1) is 5.82 Å². The van der Waals surface area contributed by atoms with Gasteiger partial charge in [0.05, 0.1) is 6.54 Å². The monoisotopic (exact) mass is 238 g/mol. The van der Waals surface area contributed by atoms with Gasteiger partial charge in [-0.3, -0.25) is 4.79 Å². The smallest absolute Gasteiger partial charge is 0.240 e. The third-order valence-electron chi connectivity index (χ3n) is 2.34. The van der Waals surface area contributed by atoms with Crippen LogP contribution in [0.3, 0.4) is 0 Å². The minimum absolute atomic E-state index is 0.0921. The Morgan fingerprint density at radius 2 is 2.06 bits per heavy atom. The van der Waals surface area contributed by atoms with Gasteiger partial charge in [0.15, 0.2) is 0 Å². The number of amides is 1. The lowest BCUT2D eigenvalue weighted by atomic mass is 10.1. The number of rotatable bonds is 3. The lowest BCUT2D eigenvalue weighted by molar-refractivity contribution is -0.117. The minimum atomic E-state index is -0.342. The van der Waals surface area contributed by atoms with E-state index >= 15 is 0 Å². The molecule has 1 aromatic carbocycles. The first-order valence-corrected chi connectivity index (χ1v) is 5.57. The highest BCUT2D eigenvalue weighted by molar-refractivity contribution is 5.94. The molecule has 94 valence electrons. The predicted octanol–water partition coefficient (Wildman–Crippen LogP) is 2.18. The van der Waals surface area contributed by atoms with Crippen LogP contribution < -0.4 is 10.2 Å². The summed E-state index contributed by atoms with van der Waals surface area (Å²) in [6.07, 6.45) is 0. The zero-order valence-electron chi connectivity index (χ0n) is 10.7. The SMILES string of the molecule is CN(C(=O)CNC(C)(C)C)c1cccc(F)c1. The molecular formula is C13H19FN2O. The lowest BCUT2D eigenvalue weighted by Crippen LogP contribution is -2.43. The zero-order valence-corrected chi connectivity index (χ0v) is 10.7. The van der Waals surface area contributed by atoms with Gasteiger partial charge in [0.25, 0.3) is 0 Å². The Balaban J connectivity index is 2.64. The average molecular weight is 238 g/mol. The van der Waals surface area contributed by atoms with Crippen molar-refractivity contribution in [2.75, 3.05) is 18.5 Å². The highest BCUT2D eigenvalue weighted by Crippen LogP contribution is 2.13. The van der Waals surface area contributed by atoms with Gasteiger partial charge < -0.3 is 10.2 Å². The number of nitrogens with zero attached hydrogens (tertiary/aromatic N) is 1. The van der Waals surface area contributed by atoms with Crippen LogP contribution in [-0.2, 0) is 4.79 Å². The normalized spacial score (nSPS) is 11.4. The van der Waals surface area contributed by atoms with Crippen LogP contribution in [0.25, 0.3) is 0 Å². The largest absolute Gasteiger partial charge is 0.314 e. The molecule has 0 atom stereocenters. The van der Waals surface area contributed by atoms with E-state index in [1.165, 1.54) is 17.0 Å². The highest BCUT2D eigenvalue weighted by Gasteiger charge is 2.15. The fourth-order valence-electron chi connectivity index (χ4n) is 1.29. The molecule has 0 fully saturated rings. The van der Waals surface area contributed by atoms with Gasteiger partial charge in [-0.25, -0.2) is 4.39 Å². The molecule has 0 aliphatic rings. The van der Waals surface area contributed by atoms with Crippen molar-refractivity contribution in [2.45, 2.75) is 26.3 Å². The van der Waals surface area contributed by atoms with E-state index in [4.69, 9.17) is 0 Å². The van der Waals surface area contributed by atoms with Crippen LogP contribution in [0.4, 0.5) is 10.1 Å². The Bertz CT molecular complexity index is 399. The molecule has 4 heteroatoms. The summed E-state index contributed by atoms with van der Waals surface area (Å²) in [7, 11) is 1.64. The molecule has 0 saturated heterocycles. The van der Waals surface area contributed by atoms with E-state index in [1.807, 2.05) is 20.8 Å². The summed E-state index contributed by atoms with van der Waals surface area (Å²) < 4.78 is 13.0. The van der Waals surface area contributed by atoms with E-state index < -0.39 is 0 Å². The number of hydrogen-bond donors (Lipinski definition) is 1. The second kappa shape index (κ2) is 5.27. The molecule has 0 saturated carbocycles. The number of likely N-dealkylation sites (N-methyl/N-ethyl adjacent to an activating group) is 1. The average Bonchev–Trinajstić information content (AvgIpc) is 2.24. The summed E-state index contributed by atoms with van der Waals surface area (Å²) in [6, 6.07) is 5.99. The van der Waals surface area contributed by atoms with Crippen molar-refractivity contribution >= 4 is 11.6 Å². The van der Waals surface area contributed by atoms with Crippen LogP contribution in [0.5, 0.6) is 0 Å². The summed E-state index contributed by atoms with van der Waals surface area (Å²) in [5.41, 5.74) is 0.448. The molecule has 1 rings (SSSR count). The molecule has 1 aromatic rings. The maximum atomic E-state index is 13.0. The molecule has 0 spiro atoms. The van der Waals surface area contributed by atoms with Gasteiger partial charge in [0.2, 0.25) is 5.91 Å². The third kappa shape index (κ3) is 4.53. The highest BCUT2D eigenvalue weighted by atomic mass is 19.1. The van der Waals surface area contributed by atoms with E-state index in [-0.39, 0.29) is 23.8 Å². The van der Waals surface area contributed by atoms with Gasteiger partial charge in [-0.15, -0.1) is 0 Å². The van der Waals surface area contributed by atoms with E-state index in [9.17, 15) is 9.18 Å². The maximum Gasteiger partial charge on any atom is 0.240 e. The molecule has 0 heterocycles. The Labute approximate surface area is 102 Å². The van der Waals surface area contributed by atoms with E-state index in [0.717, 1.165) is 0 Å². The number of nitrogens with one attached hydrogen (secondary N) is 1. The first kappa shape index (κ1) is 13.6. The van der Waals surface area contributed by atoms with Crippen LogP contribution >= 0.6 is 0 Å². The Morgan fingerprint density at radius 3 is 2.59 bits per heavy atom. The molecular weight excluding hydrogens is 219 g/mol. The summed E-state index contributed by atoms with van der Waals surface area (Å²) >= 11 is 0. The van der Waals surface area contributed by atoms with Crippen LogP contribution in [-0.4, -0.2) is 25.0 Å². The fourth-order valence-corrected chi connectivity index (χ4v) is 1.29. The van der Waals surface area contributed by atoms with Crippen LogP contribution in [0.2, 0.25) is 0 Å². The second-order valence-corrected chi connectivity index (χ2v) is 5.04. The standard InChI is InChI=1S/C13H19FN2O/c1-13(2,3)15-9-12(17)16(4)11-7-5-6-10(14)8-11/h5-8,15H,9H2,1-4H3. The van der Waals surface area contributed by atoms with Crippen molar-refractivity contribution in [3.05, 3.63) is 30.1 Å². The topological polar surface area (TPSA) is 32.3 Å². The summed E-state index contributed by atoms with van der Waals surface area (Å²) in [6.45, 7) is 6.20. The van der Waals surface area contributed by atoms with Gasteiger partial charge >= 0.3 is 0 Å². The van der Waals surface area contributed by atoms with Crippen molar-refractivity contribution in [1.82, 2.24) is 5.32 Å². The summed E-state index contributed by atoms with van der Waals surface area (Å²) in [5.74, 6) is -0.434. The Hall–Kier alpha value is -1.42. The quantitative estimate of drug-likeness (QED) is 0.875. The van der Waals surface area contributed by atoms with Gasteiger partial charge in [-0.1, -0.05) is 6.07 Å². The van der Waals surface area contributed by atoms with Crippen molar-refractivity contribution in [3.63, 3.8) is 0 Å². The molecule has 0 radical (unpaired) electrons. The molecule has 1 N–H and O–H groups in total. The van der Waals surface area contributed by atoms with Crippen LogP contribution in [0.15, 0.2) is 24.3 Å². The number of halogens is 1. The van der Waals surface area contributed by atoms with Gasteiger partial charge in [0, 0.05) is 18.3 Å². The van der Waals surface area contributed by atoms with Gasteiger partial charge in [-0.2, -0.15) is 0 Å². The van der Waals surface area contributed by atoms with Gasteiger partial charge in [0.1, 0.15) is 5.82 Å². The summed E-state index contributed by atoms with van der Waals surface area (Å²) in [4.78, 5) is 13.3. The van der Waals surface area contributed by atoms with Gasteiger partial charge in [-0.05, 0) is 39.0 Å². The maximum absolute atomic E-state index is 13.0. The zero-order chi connectivity index (χ0) is 13.1. The molecule has 17 heavy (non-hydrogen) atoms. The molecule has 0 aliphatic heterocycles. The van der Waals surface area contributed by atoms with Crippen molar-refractivity contribution < 1.29 is 9.18 Å².